The molecule has 0 radical (unpaired) electrons. The number of halogens is 1. The van der Waals surface area contributed by atoms with E-state index in [9.17, 15) is 0 Å². The van der Waals surface area contributed by atoms with Gasteiger partial charge in [0, 0.05) is 23.2 Å². The second-order valence-electron chi connectivity index (χ2n) is 6.57. The van der Waals surface area contributed by atoms with E-state index in [2.05, 4.69) is 25.9 Å². The molecule has 2 aromatic heterocycles. The van der Waals surface area contributed by atoms with Gasteiger partial charge in [-0.05, 0) is 30.5 Å². The lowest BCUT2D eigenvalue weighted by Crippen LogP contribution is -2.12. The molecule has 136 valence electrons. The largest absolute Gasteiger partial charge is 0.493 e. The number of rotatable bonds is 4. The molecule has 0 aliphatic heterocycles. The number of hydrogen-bond donors (Lipinski definition) is 0. The van der Waals surface area contributed by atoms with Gasteiger partial charge in [0.25, 0.3) is 0 Å². The van der Waals surface area contributed by atoms with Crippen LogP contribution in [0.3, 0.4) is 0 Å². The second-order valence-corrected chi connectivity index (χ2v) is 6.90. The van der Waals surface area contributed by atoms with Crippen molar-refractivity contribution in [3.63, 3.8) is 0 Å². The highest BCUT2D eigenvalue weighted by Crippen LogP contribution is 2.36. The van der Waals surface area contributed by atoms with E-state index in [1.165, 1.54) is 32.1 Å². The molecular weight excluding hydrogens is 352 g/mol. The Morgan fingerprint density at radius 2 is 1.77 bits per heavy atom. The van der Waals surface area contributed by atoms with Crippen LogP contribution < -0.4 is 9.47 Å². The molecule has 1 saturated carbocycles. The average molecular weight is 373 g/mol. The summed E-state index contributed by atoms with van der Waals surface area (Å²) < 4.78 is 12.9. The number of aromatic nitrogens is 4. The molecule has 1 fully saturated rings. The molecule has 0 N–H and O–H groups in total. The fourth-order valence-electron chi connectivity index (χ4n) is 3.65. The van der Waals surface area contributed by atoms with Crippen molar-refractivity contribution in [2.75, 3.05) is 14.2 Å². The van der Waals surface area contributed by atoms with Gasteiger partial charge in [-0.3, -0.25) is 4.68 Å². The number of benzene rings is 1. The lowest BCUT2D eigenvalue weighted by molar-refractivity contribution is 0.329. The van der Waals surface area contributed by atoms with E-state index in [1.807, 2.05) is 18.3 Å². The van der Waals surface area contributed by atoms with Crippen LogP contribution in [0.25, 0.3) is 22.2 Å². The van der Waals surface area contributed by atoms with Gasteiger partial charge in [-0.15, -0.1) is 0 Å². The summed E-state index contributed by atoms with van der Waals surface area (Å²) in [5.74, 6) is 1.24. The molecule has 1 aliphatic rings. The first kappa shape index (κ1) is 17.1. The predicted molar refractivity (Wildman–Crippen MR) is 101 cm³/mol. The summed E-state index contributed by atoms with van der Waals surface area (Å²) >= 11 is 6.18. The molecule has 0 saturated heterocycles. The van der Waals surface area contributed by atoms with Crippen LogP contribution in [0, 0.1) is 0 Å². The monoisotopic (exact) mass is 372 g/mol. The summed E-state index contributed by atoms with van der Waals surface area (Å²) in [6.07, 6.45) is 10.1. The topological polar surface area (TPSA) is 62.1 Å². The van der Waals surface area contributed by atoms with E-state index in [0.717, 1.165) is 16.6 Å². The maximum atomic E-state index is 6.18. The van der Waals surface area contributed by atoms with Gasteiger partial charge >= 0.3 is 0 Å². The summed E-state index contributed by atoms with van der Waals surface area (Å²) in [5, 5.41) is 5.64. The smallest absolute Gasteiger partial charge is 0.223 e. The summed E-state index contributed by atoms with van der Waals surface area (Å²) in [5.41, 5.74) is 2.39. The van der Waals surface area contributed by atoms with Gasteiger partial charge in [0.05, 0.1) is 37.7 Å². The SMILES string of the molecule is COc1cc2nc(Cl)nc(-c3cnn(C4CCCCC4)c3)c2cc1OC. The maximum Gasteiger partial charge on any atom is 0.223 e. The third-order valence-corrected chi connectivity index (χ3v) is 5.17. The van der Waals surface area contributed by atoms with Gasteiger partial charge in [0.15, 0.2) is 11.5 Å². The zero-order chi connectivity index (χ0) is 18.1. The van der Waals surface area contributed by atoms with Crippen LogP contribution in [0.2, 0.25) is 5.28 Å². The summed E-state index contributed by atoms with van der Waals surface area (Å²) in [4.78, 5) is 8.80. The number of fused-ring (bicyclic) bond motifs is 1. The Labute approximate surface area is 157 Å². The van der Waals surface area contributed by atoms with Gasteiger partial charge in [0.2, 0.25) is 5.28 Å². The Morgan fingerprint density at radius 3 is 2.50 bits per heavy atom. The Morgan fingerprint density at radius 1 is 1.04 bits per heavy atom. The molecule has 0 unspecified atom stereocenters. The highest BCUT2D eigenvalue weighted by molar-refractivity contribution is 6.28. The average Bonchev–Trinajstić information content (AvgIpc) is 3.17. The summed E-state index contributed by atoms with van der Waals surface area (Å²) in [6, 6.07) is 4.17. The molecule has 0 spiro atoms. The Kier molecular flexibility index (Phi) is 4.68. The van der Waals surface area contributed by atoms with Crippen molar-refractivity contribution in [1.82, 2.24) is 19.7 Å². The first-order valence-corrected chi connectivity index (χ1v) is 9.21. The third-order valence-electron chi connectivity index (χ3n) is 5.00. The minimum atomic E-state index is 0.199. The number of hydrogen-bond acceptors (Lipinski definition) is 5. The first-order valence-electron chi connectivity index (χ1n) is 8.83. The minimum Gasteiger partial charge on any atom is -0.493 e. The molecule has 3 aromatic rings. The zero-order valence-corrected chi connectivity index (χ0v) is 15.7. The summed E-state index contributed by atoms with van der Waals surface area (Å²) in [7, 11) is 3.21. The van der Waals surface area contributed by atoms with Crippen LogP contribution >= 0.6 is 11.6 Å². The normalized spacial score (nSPS) is 15.3. The highest BCUT2D eigenvalue weighted by atomic mass is 35.5. The maximum absolute atomic E-state index is 6.18. The standard InChI is InChI=1S/C19H21ClN4O2/c1-25-16-8-14-15(9-17(16)26-2)22-19(20)23-18(14)12-10-21-24(11-12)13-6-4-3-5-7-13/h8-11,13H,3-7H2,1-2H3. The second kappa shape index (κ2) is 7.11. The molecule has 0 bridgehead atoms. The molecule has 7 heteroatoms. The molecule has 26 heavy (non-hydrogen) atoms. The lowest BCUT2D eigenvalue weighted by Gasteiger charge is -2.21. The van der Waals surface area contributed by atoms with E-state index < -0.39 is 0 Å². The lowest BCUT2D eigenvalue weighted by atomic mass is 9.96. The molecule has 0 atom stereocenters. The van der Waals surface area contributed by atoms with Gasteiger partial charge in [-0.2, -0.15) is 5.10 Å². The van der Waals surface area contributed by atoms with Gasteiger partial charge in [-0.1, -0.05) is 19.3 Å². The number of nitrogens with zero attached hydrogens (tertiary/aromatic N) is 4. The molecular formula is C19H21ClN4O2. The Hall–Kier alpha value is -2.34. The molecule has 4 rings (SSSR count). The Balaban J connectivity index is 1.81. The molecule has 0 amide bonds. The predicted octanol–water partition coefficient (Wildman–Crippen LogP) is 4.67. The minimum absolute atomic E-state index is 0.199. The highest BCUT2D eigenvalue weighted by Gasteiger charge is 2.19. The zero-order valence-electron chi connectivity index (χ0n) is 14.9. The quantitative estimate of drug-likeness (QED) is 0.623. The van der Waals surface area contributed by atoms with E-state index in [4.69, 9.17) is 21.1 Å². The fraction of sp³-hybridized carbons (Fsp3) is 0.421. The molecule has 6 nitrogen and oxygen atoms in total. The summed E-state index contributed by atoms with van der Waals surface area (Å²) in [6.45, 7) is 0. The van der Waals surface area contributed by atoms with Crippen LogP contribution in [-0.4, -0.2) is 34.0 Å². The van der Waals surface area contributed by atoms with Crippen LogP contribution in [0.5, 0.6) is 11.5 Å². The Bertz CT molecular complexity index is 935. The van der Waals surface area contributed by atoms with Gasteiger partial charge < -0.3 is 9.47 Å². The van der Waals surface area contributed by atoms with E-state index in [1.54, 1.807) is 14.2 Å². The van der Waals surface area contributed by atoms with Gasteiger partial charge in [-0.25, -0.2) is 9.97 Å². The third kappa shape index (κ3) is 3.09. The van der Waals surface area contributed by atoms with Crippen LogP contribution in [0.1, 0.15) is 38.1 Å². The van der Waals surface area contributed by atoms with Gasteiger partial charge in [0.1, 0.15) is 0 Å². The van der Waals surface area contributed by atoms with Crippen molar-refractivity contribution in [2.24, 2.45) is 0 Å². The van der Waals surface area contributed by atoms with E-state index in [-0.39, 0.29) is 5.28 Å². The van der Waals surface area contributed by atoms with Crippen molar-refractivity contribution < 1.29 is 9.47 Å². The van der Waals surface area contributed by atoms with Crippen molar-refractivity contribution >= 4 is 22.5 Å². The van der Waals surface area contributed by atoms with E-state index in [0.29, 0.717) is 23.1 Å². The van der Waals surface area contributed by atoms with Crippen molar-refractivity contribution in [3.05, 3.63) is 29.8 Å². The van der Waals surface area contributed by atoms with Crippen molar-refractivity contribution in [3.8, 4) is 22.8 Å². The first-order chi connectivity index (χ1) is 12.7. The number of ether oxygens (including phenoxy) is 2. The van der Waals surface area contributed by atoms with Crippen LogP contribution in [0.15, 0.2) is 24.5 Å². The molecule has 2 heterocycles. The van der Waals surface area contributed by atoms with Crippen molar-refractivity contribution in [2.45, 2.75) is 38.1 Å². The van der Waals surface area contributed by atoms with Crippen LogP contribution in [-0.2, 0) is 0 Å². The molecule has 1 aromatic carbocycles. The molecule has 1 aliphatic carbocycles. The van der Waals surface area contributed by atoms with Crippen LogP contribution in [0.4, 0.5) is 0 Å². The fourth-order valence-corrected chi connectivity index (χ4v) is 3.83. The van der Waals surface area contributed by atoms with Crippen molar-refractivity contribution in [1.29, 1.82) is 0 Å². The van der Waals surface area contributed by atoms with E-state index >= 15 is 0 Å². The number of methoxy groups -OCH3 is 2.